The van der Waals surface area contributed by atoms with Crippen LogP contribution in [0.5, 0.6) is 11.6 Å². The fraction of sp³-hybridized carbons (Fsp3) is 0.667. The van der Waals surface area contributed by atoms with Gasteiger partial charge in [-0.2, -0.15) is 4.98 Å². The first-order valence-corrected chi connectivity index (χ1v) is 6.14. The number of anilines is 1. The maximum Gasteiger partial charge on any atom is 0.262 e. The van der Waals surface area contributed by atoms with Crippen molar-refractivity contribution in [3.63, 3.8) is 0 Å². The van der Waals surface area contributed by atoms with Crippen molar-refractivity contribution < 1.29 is 9.47 Å². The van der Waals surface area contributed by atoms with E-state index in [1.54, 1.807) is 7.11 Å². The lowest BCUT2D eigenvalue weighted by Crippen LogP contribution is -2.25. The van der Waals surface area contributed by atoms with Crippen LogP contribution < -0.4 is 14.8 Å². The predicted molar refractivity (Wildman–Crippen MR) is 65.6 cm³/mol. The lowest BCUT2D eigenvalue weighted by Gasteiger charge is -2.26. The van der Waals surface area contributed by atoms with Gasteiger partial charge in [0.1, 0.15) is 12.4 Å². The predicted octanol–water partition coefficient (Wildman–Crippen LogP) is 2.24. The molecule has 0 saturated heterocycles. The van der Waals surface area contributed by atoms with Crippen molar-refractivity contribution >= 4 is 5.82 Å². The highest BCUT2D eigenvalue weighted by Gasteiger charge is 2.23. The molecule has 0 atom stereocenters. The van der Waals surface area contributed by atoms with Crippen molar-refractivity contribution in [2.24, 2.45) is 0 Å². The van der Waals surface area contributed by atoms with Crippen molar-refractivity contribution in [1.82, 2.24) is 9.97 Å². The van der Waals surface area contributed by atoms with Crippen LogP contribution in [-0.4, -0.2) is 29.7 Å². The van der Waals surface area contributed by atoms with Gasteiger partial charge in [-0.3, -0.25) is 0 Å². The number of hydrogen-bond donors (Lipinski definition) is 1. The highest BCUT2D eigenvalue weighted by Crippen LogP contribution is 2.34. The number of hydrogen-bond acceptors (Lipinski definition) is 5. The number of rotatable bonds is 6. The minimum Gasteiger partial charge on any atom is -0.489 e. The molecule has 1 fully saturated rings. The molecule has 1 aromatic heterocycles. The molecule has 1 saturated carbocycles. The first-order chi connectivity index (χ1) is 8.35. The van der Waals surface area contributed by atoms with Gasteiger partial charge in [-0.15, -0.1) is 0 Å². The van der Waals surface area contributed by atoms with Crippen LogP contribution in [0.4, 0.5) is 5.82 Å². The average molecular weight is 237 g/mol. The molecule has 94 valence electrons. The minimum atomic E-state index is 0.290. The fourth-order valence-corrected chi connectivity index (χ4v) is 1.64. The van der Waals surface area contributed by atoms with Gasteiger partial charge in [0, 0.05) is 6.54 Å². The Morgan fingerprint density at radius 2 is 2.24 bits per heavy atom. The summed E-state index contributed by atoms with van der Waals surface area (Å²) in [5, 5.41) is 3.21. The molecule has 0 radical (unpaired) electrons. The van der Waals surface area contributed by atoms with Gasteiger partial charge >= 0.3 is 0 Å². The van der Waals surface area contributed by atoms with E-state index in [1.165, 1.54) is 12.7 Å². The molecule has 1 N–H and O–H groups in total. The Morgan fingerprint density at radius 1 is 1.41 bits per heavy atom. The average Bonchev–Trinajstić information content (AvgIpc) is 2.31. The van der Waals surface area contributed by atoms with Crippen molar-refractivity contribution in [2.75, 3.05) is 19.0 Å². The molecule has 0 amide bonds. The Labute approximate surface area is 102 Å². The molecule has 2 rings (SSSR count). The molecule has 1 heterocycles. The van der Waals surface area contributed by atoms with E-state index in [9.17, 15) is 0 Å². The molecular formula is C12H19N3O2. The van der Waals surface area contributed by atoms with Crippen molar-refractivity contribution in [3.05, 3.63) is 6.33 Å². The summed E-state index contributed by atoms with van der Waals surface area (Å²) in [6.07, 6.45) is 6.27. The third kappa shape index (κ3) is 2.78. The zero-order chi connectivity index (χ0) is 12.1. The maximum atomic E-state index is 5.78. The second-order valence-corrected chi connectivity index (χ2v) is 4.16. The van der Waals surface area contributed by atoms with E-state index >= 15 is 0 Å². The van der Waals surface area contributed by atoms with Crippen LogP contribution in [0.1, 0.15) is 32.6 Å². The third-order valence-electron chi connectivity index (χ3n) is 2.85. The lowest BCUT2D eigenvalue weighted by molar-refractivity contribution is 0.110. The topological polar surface area (TPSA) is 56.3 Å². The van der Waals surface area contributed by atoms with Crippen LogP contribution in [0.25, 0.3) is 0 Å². The summed E-state index contributed by atoms with van der Waals surface area (Å²) >= 11 is 0. The molecule has 0 aliphatic heterocycles. The normalized spacial score (nSPS) is 15.2. The Hall–Kier alpha value is -1.52. The number of methoxy groups -OCH3 is 1. The first-order valence-electron chi connectivity index (χ1n) is 6.14. The van der Waals surface area contributed by atoms with Crippen LogP contribution in [-0.2, 0) is 0 Å². The number of nitrogens with one attached hydrogen (secondary N) is 1. The zero-order valence-corrected chi connectivity index (χ0v) is 10.4. The second-order valence-electron chi connectivity index (χ2n) is 4.16. The molecule has 5 nitrogen and oxygen atoms in total. The number of nitrogens with zero attached hydrogens (tertiary/aromatic N) is 2. The third-order valence-corrected chi connectivity index (χ3v) is 2.85. The quantitative estimate of drug-likeness (QED) is 0.822. The van der Waals surface area contributed by atoms with Crippen LogP contribution in [0, 0.1) is 0 Å². The van der Waals surface area contributed by atoms with Gasteiger partial charge in [-0.25, -0.2) is 4.98 Å². The van der Waals surface area contributed by atoms with E-state index in [1.807, 2.05) is 0 Å². The lowest BCUT2D eigenvalue weighted by atomic mass is 9.96. The van der Waals surface area contributed by atoms with E-state index in [0.717, 1.165) is 25.8 Å². The summed E-state index contributed by atoms with van der Waals surface area (Å²) in [5.74, 6) is 1.86. The molecule has 1 aliphatic rings. The smallest absolute Gasteiger partial charge is 0.262 e. The highest BCUT2D eigenvalue weighted by molar-refractivity contribution is 5.55. The zero-order valence-electron chi connectivity index (χ0n) is 10.4. The van der Waals surface area contributed by atoms with Gasteiger partial charge in [-0.05, 0) is 25.7 Å². The molecule has 0 aromatic carbocycles. The molecule has 1 aliphatic carbocycles. The Kier molecular flexibility index (Phi) is 4.01. The van der Waals surface area contributed by atoms with Crippen molar-refractivity contribution in [1.29, 1.82) is 0 Å². The van der Waals surface area contributed by atoms with E-state index in [0.29, 0.717) is 17.4 Å². The first kappa shape index (κ1) is 12.0. The Bertz CT molecular complexity index is 367. The minimum absolute atomic E-state index is 0.290. The molecule has 5 heteroatoms. The number of aromatic nitrogens is 2. The van der Waals surface area contributed by atoms with Crippen molar-refractivity contribution in [3.8, 4) is 11.6 Å². The molecule has 1 aromatic rings. The summed E-state index contributed by atoms with van der Waals surface area (Å²) < 4.78 is 11.1. The molecule has 17 heavy (non-hydrogen) atoms. The SMILES string of the molecule is CCCNc1ncnc(OC2CCC2)c1OC. The van der Waals surface area contributed by atoms with Crippen molar-refractivity contribution in [2.45, 2.75) is 38.7 Å². The number of ether oxygens (including phenoxy) is 2. The van der Waals surface area contributed by atoms with E-state index in [2.05, 4.69) is 22.2 Å². The standard InChI is InChI=1S/C12H19N3O2/c1-3-7-13-11-10(16-2)12(15-8-14-11)17-9-5-4-6-9/h8-9H,3-7H2,1-2H3,(H,13,14,15). The van der Waals surface area contributed by atoms with Gasteiger partial charge in [-0.1, -0.05) is 6.92 Å². The summed E-state index contributed by atoms with van der Waals surface area (Å²) in [7, 11) is 1.61. The summed E-state index contributed by atoms with van der Waals surface area (Å²) in [5.41, 5.74) is 0. The van der Waals surface area contributed by atoms with Crippen LogP contribution in [0.3, 0.4) is 0 Å². The van der Waals surface area contributed by atoms with Gasteiger partial charge < -0.3 is 14.8 Å². The highest BCUT2D eigenvalue weighted by atomic mass is 16.5. The van der Waals surface area contributed by atoms with E-state index in [4.69, 9.17) is 9.47 Å². The Balaban J connectivity index is 2.12. The molecule has 0 bridgehead atoms. The van der Waals surface area contributed by atoms with Gasteiger partial charge in [0.2, 0.25) is 5.75 Å². The fourth-order valence-electron chi connectivity index (χ4n) is 1.64. The second kappa shape index (κ2) is 5.70. The van der Waals surface area contributed by atoms with E-state index in [-0.39, 0.29) is 6.10 Å². The van der Waals surface area contributed by atoms with E-state index < -0.39 is 0 Å². The Morgan fingerprint density at radius 3 is 2.82 bits per heavy atom. The molecule has 0 spiro atoms. The van der Waals surface area contributed by atoms with Crippen LogP contribution in [0.2, 0.25) is 0 Å². The summed E-state index contributed by atoms with van der Waals surface area (Å²) in [6.45, 7) is 2.96. The van der Waals surface area contributed by atoms with Gasteiger partial charge in [0.05, 0.1) is 7.11 Å². The monoisotopic (exact) mass is 237 g/mol. The molecular weight excluding hydrogens is 218 g/mol. The van der Waals surface area contributed by atoms with Crippen LogP contribution >= 0.6 is 0 Å². The van der Waals surface area contributed by atoms with Gasteiger partial charge in [0.15, 0.2) is 5.82 Å². The maximum absolute atomic E-state index is 5.78. The summed E-state index contributed by atoms with van der Waals surface area (Å²) in [6, 6.07) is 0. The van der Waals surface area contributed by atoms with Crippen LogP contribution in [0.15, 0.2) is 6.33 Å². The molecule has 0 unspecified atom stereocenters. The summed E-state index contributed by atoms with van der Waals surface area (Å²) in [4.78, 5) is 8.31. The largest absolute Gasteiger partial charge is 0.489 e. The van der Waals surface area contributed by atoms with Gasteiger partial charge in [0.25, 0.3) is 5.88 Å².